The number of fused-ring (bicyclic) bond motifs is 1. The molecule has 1 aliphatic rings. The molecule has 202 valence electrons. The van der Waals surface area contributed by atoms with Crippen molar-refractivity contribution < 1.29 is 27.5 Å². The number of ether oxygens (including phenoxy) is 2. The van der Waals surface area contributed by atoms with Gasteiger partial charge in [-0.3, -0.25) is 13.9 Å². The minimum atomic E-state index is -3.61. The summed E-state index contributed by atoms with van der Waals surface area (Å²) in [6.07, 6.45) is 1.98. The van der Waals surface area contributed by atoms with Gasteiger partial charge in [0.2, 0.25) is 21.8 Å². The zero-order valence-corrected chi connectivity index (χ0v) is 22.8. The summed E-state index contributed by atoms with van der Waals surface area (Å²) < 4.78 is 37.6. The lowest BCUT2D eigenvalue weighted by Crippen LogP contribution is -2.50. The van der Waals surface area contributed by atoms with Crippen molar-refractivity contribution in [1.29, 1.82) is 0 Å². The number of anilines is 1. The van der Waals surface area contributed by atoms with Gasteiger partial charge in [-0.15, -0.1) is 0 Å². The normalized spacial score (nSPS) is 13.6. The number of carbonyl (C=O) groups excluding carboxylic acids is 2. The van der Waals surface area contributed by atoms with Gasteiger partial charge in [0, 0.05) is 31.6 Å². The molecule has 1 unspecified atom stereocenters. The number of rotatable bonds is 12. The number of hydrogen-bond acceptors (Lipinski definition) is 6. The molecule has 1 aliphatic heterocycles. The van der Waals surface area contributed by atoms with Crippen molar-refractivity contribution in [3.63, 3.8) is 0 Å². The van der Waals surface area contributed by atoms with Crippen molar-refractivity contribution in [2.24, 2.45) is 0 Å². The van der Waals surface area contributed by atoms with Crippen LogP contribution in [0.25, 0.3) is 0 Å². The first-order valence-electron chi connectivity index (χ1n) is 12.6. The van der Waals surface area contributed by atoms with E-state index in [4.69, 9.17) is 9.47 Å². The van der Waals surface area contributed by atoms with Crippen molar-refractivity contribution in [1.82, 2.24) is 10.2 Å². The van der Waals surface area contributed by atoms with Gasteiger partial charge in [-0.05, 0) is 44.4 Å². The van der Waals surface area contributed by atoms with Crippen LogP contribution in [0.3, 0.4) is 0 Å². The number of hydrogen-bond donors (Lipinski definition) is 1. The summed E-state index contributed by atoms with van der Waals surface area (Å²) >= 11 is 0. The Hall–Kier alpha value is -3.27. The van der Waals surface area contributed by atoms with E-state index in [2.05, 4.69) is 5.32 Å². The van der Waals surface area contributed by atoms with Crippen LogP contribution in [0, 0.1) is 0 Å². The molecule has 0 saturated carbocycles. The molecule has 0 bridgehead atoms. The van der Waals surface area contributed by atoms with E-state index in [1.165, 1.54) is 4.31 Å². The second-order valence-corrected chi connectivity index (χ2v) is 11.3. The lowest BCUT2D eigenvalue weighted by Gasteiger charge is -2.31. The lowest BCUT2D eigenvalue weighted by atomic mass is 10.1. The third-order valence-electron chi connectivity index (χ3n) is 5.98. The fourth-order valence-electron chi connectivity index (χ4n) is 4.27. The zero-order valence-electron chi connectivity index (χ0n) is 22.0. The molecule has 10 heteroatoms. The molecular formula is C27H37N3O6S. The van der Waals surface area contributed by atoms with Crippen LogP contribution in [0.15, 0.2) is 48.5 Å². The Bertz CT molecular complexity index is 1170. The molecule has 1 heterocycles. The molecule has 37 heavy (non-hydrogen) atoms. The van der Waals surface area contributed by atoms with Crippen LogP contribution in [-0.4, -0.2) is 63.2 Å². The largest absolute Gasteiger partial charge is 0.486 e. The molecular weight excluding hydrogens is 494 g/mol. The van der Waals surface area contributed by atoms with Crippen molar-refractivity contribution in [2.75, 3.05) is 30.3 Å². The summed E-state index contributed by atoms with van der Waals surface area (Å²) in [5, 5.41) is 2.91. The fraction of sp³-hybridized carbons (Fsp3) is 0.481. The molecule has 2 aromatic rings. The predicted molar refractivity (Wildman–Crippen MR) is 143 cm³/mol. The number of nitrogens with zero attached hydrogens (tertiary/aromatic N) is 2. The molecule has 0 spiro atoms. The van der Waals surface area contributed by atoms with E-state index in [0.717, 1.165) is 11.8 Å². The Labute approximate surface area is 219 Å². The monoisotopic (exact) mass is 531 g/mol. The zero-order chi connectivity index (χ0) is 27.0. The molecule has 0 saturated heterocycles. The minimum Gasteiger partial charge on any atom is -0.486 e. The number of benzene rings is 2. The number of carbonyl (C=O) groups is 2. The molecule has 2 aromatic carbocycles. The highest BCUT2D eigenvalue weighted by Gasteiger charge is 2.29. The molecule has 0 aromatic heterocycles. The fourth-order valence-corrected chi connectivity index (χ4v) is 5.23. The van der Waals surface area contributed by atoms with Crippen LogP contribution >= 0.6 is 0 Å². The highest BCUT2D eigenvalue weighted by Crippen LogP contribution is 2.34. The van der Waals surface area contributed by atoms with Gasteiger partial charge >= 0.3 is 0 Å². The van der Waals surface area contributed by atoms with Crippen LogP contribution in [0.2, 0.25) is 0 Å². The quantitative estimate of drug-likeness (QED) is 0.451. The topological polar surface area (TPSA) is 105 Å². The third-order valence-corrected chi connectivity index (χ3v) is 7.17. The second kappa shape index (κ2) is 12.8. The standard InChI is InChI=1S/C27H37N3O6S/c1-5-23(27(32)28-20(2)3)29(19-21-10-7-6-8-11-21)26(31)12-9-15-30(37(4,33)34)22-13-14-24-25(18-22)36-17-16-35-24/h6-8,10-11,13-14,18,20,23H,5,9,12,15-17,19H2,1-4H3,(H,28,32). The summed E-state index contributed by atoms with van der Waals surface area (Å²) in [7, 11) is -3.61. The molecule has 1 N–H and O–H groups in total. The number of nitrogens with one attached hydrogen (secondary N) is 1. The first kappa shape index (κ1) is 28.3. The van der Waals surface area contributed by atoms with E-state index in [1.807, 2.05) is 51.1 Å². The minimum absolute atomic E-state index is 0.0513. The maximum Gasteiger partial charge on any atom is 0.243 e. The molecule has 2 amide bonds. The van der Waals surface area contributed by atoms with E-state index >= 15 is 0 Å². The van der Waals surface area contributed by atoms with E-state index in [1.54, 1.807) is 23.1 Å². The molecule has 0 aliphatic carbocycles. The Balaban J connectivity index is 1.75. The molecule has 9 nitrogen and oxygen atoms in total. The van der Waals surface area contributed by atoms with Crippen LogP contribution < -0.4 is 19.1 Å². The average molecular weight is 532 g/mol. The predicted octanol–water partition coefficient (Wildman–Crippen LogP) is 3.34. The molecule has 1 atom stereocenters. The second-order valence-electron chi connectivity index (χ2n) is 9.36. The van der Waals surface area contributed by atoms with Gasteiger partial charge < -0.3 is 19.7 Å². The van der Waals surface area contributed by atoms with Gasteiger partial charge in [-0.2, -0.15) is 0 Å². The highest BCUT2D eigenvalue weighted by molar-refractivity contribution is 7.92. The van der Waals surface area contributed by atoms with Gasteiger partial charge in [0.1, 0.15) is 19.3 Å². The Kier molecular flexibility index (Phi) is 9.79. The van der Waals surface area contributed by atoms with Gasteiger partial charge in [0.05, 0.1) is 11.9 Å². The number of amides is 2. The first-order chi connectivity index (χ1) is 17.6. The van der Waals surface area contributed by atoms with Gasteiger partial charge in [0.15, 0.2) is 11.5 Å². The van der Waals surface area contributed by atoms with E-state index in [0.29, 0.717) is 43.4 Å². The Morgan fingerprint density at radius 2 is 1.70 bits per heavy atom. The van der Waals surface area contributed by atoms with Crippen molar-refractivity contribution in [3.05, 3.63) is 54.1 Å². The maximum atomic E-state index is 13.4. The summed E-state index contributed by atoms with van der Waals surface area (Å²) in [5.41, 5.74) is 1.36. The van der Waals surface area contributed by atoms with Crippen molar-refractivity contribution in [2.45, 2.75) is 58.7 Å². The smallest absolute Gasteiger partial charge is 0.243 e. The summed E-state index contributed by atoms with van der Waals surface area (Å²) in [6.45, 7) is 6.88. The summed E-state index contributed by atoms with van der Waals surface area (Å²) in [5.74, 6) is 0.658. The average Bonchev–Trinajstić information content (AvgIpc) is 2.85. The van der Waals surface area contributed by atoms with Crippen LogP contribution in [0.5, 0.6) is 11.5 Å². The van der Waals surface area contributed by atoms with Gasteiger partial charge in [-0.1, -0.05) is 37.3 Å². The van der Waals surface area contributed by atoms with Crippen molar-refractivity contribution in [3.8, 4) is 11.5 Å². The van der Waals surface area contributed by atoms with E-state index in [-0.39, 0.29) is 37.2 Å². The first-order valence-corrected chi connectivity index (χ1v) is 14.5. The Morgan fingerprint density at radius 1 is 1.03 bits per heavy atom. The number of sulfonamides is 1. The Morgan fingerprint density at radius 3 is 2.32 bits per heavy atom. The molecule has 0 fully saturated rings. The highest BCUT2D eigenvalue weighted by atomic mass is 32.2. The SMILES string of the molecule is CCC(C(=O)NC(C)C)N(Cc1ccccc1)C(=O)CCCN(c1ccc2c(c1)OCCO2)S(C)(=O)=O. The summed E-state index contributed by atoms with van der Waals surface area (Å²) in [4.78, 5) is 28.0. The maximum absolute atomic E-state index is 13.4. The third kappa shape index (κ3) is 7.85. The van der Waals surface area contributed by atoms with Crippen molar-refractivity contribution >= 4 is 27.5 Å². The van der Waals surface area contributed by atoms with E-state index in [9.17, 15) is 18.0 Å². The molecule has 0 radical (unpaired) electrons. The van der Waals surface area contributed by atoms with Gasteiger partial charge in [-0.25, -0.2) is 8.42 Å². The van der Waals surface area contributed by atoms with Crippen LogP contribution in [0.1, 0.15) is 45.6 Å². The summed E-state index contributed by atoms with van der Waals surface area (Å²) in [6, 6.07) is 13.8. The van der Waals surface area contributed by atoms with Crippen LogP contribution in [-0.2, 0) is 26.2 Å². The molecule has 3 rings (SSSR count). The van der Waals surface area contributed by atoms with E-state index < -0.39 is 16.1 Å². The van der Waals surface area contributed by atoms with Crippen LogP contribution in [0.4, 0.5) is 5.69 Å². The van der Waals surface area contributed by atoms with Gasteiger partial charge in [0.25, 0.3) is 0 Å². The lowest BCUT2D eigenvalue weighted by molar-refractivity contribution is -0.141.